The maximum absolute atomic E-state index is 12.9. The average Bonchev–Trinajstić information content (AvgIpc) is 3.30. The Morgan fingerprint density at radius 2 is 1.46 bits per heavy atom. The van der Waals surface area contributed by atoms with Crippen LogP contribution >= 0.6 is 15.9 Å². The van der Waals surface area contributed by atoms with Gasteiger partial charge in [-0.2, -0.15) is 39.5 Å². The summed E-state index contributed by atoms with van der Waals surface area (Å²) < 4.78 is 119. The van der Waals surface area contributed by atoms with Gasteiger partial charge in [0.2, 0.25) is 0 Å². The van der Waals surface area contributed by atoms with Gasteiger partial charge in [0, 0.05) is 11.0 Å². The summed E-state index contributed by atoms with van der Waals surface area (Å²) in [5, 5.41) is 0. The second-order valence-electron chi connectivity index (χ2n) is 8.00. The molecule has 0 saturated carbocycles. The Hall–Kier alpha value is -2.44. The molecule has 4 rings (SSSR count). The molecule has 2 aliphatic heterocycles. The predicted octanol–water partition coefficient (Wildman–Crippen LogP) is 8.16. The summed E-state index contributed by atoms with van der Waals surface area (Å²) in [7, 11) is 0. The van der Waals surface area contributed by atoms with Crippen molar-refractivity contribution in [3.05, 3.63) is 68.7 Å². The quantitative estimate of drug-likeness (QED) is 0.320. The molecule has 35 heavy (non-hydrogen) atoms. The van der Waals surface area contributed by atoms with Crippen LogP contribution in [0.3, 0.4) is 0 Å². The third kappa shape index (κ3) is 6.22. The molecule has 0 N–H and O–H groups in total. The summed E-state index contributed by atoms with van der Waals surface area (Å²) >= 11 is 3.10. The van der Waals surface area contributed by atoms with E-state index >= 15 is 0 Å². The topological polar surface area (TPSA) is 29.5 Å². The minimum absolute atomic E-state index is 0.0622. The zero-order valence-electron chi connectivity index (χ0n) is 17.8. The molecule has 2 aromatic carbocycles. The number of hydrogen-bond acceptors (Lipinski definition) is 2. The van der Waals surface area contributed by atoms with Crippen molar-refractivity contribution in [3.63, 3.8) is 0 Å². The first kappa shape index (κ1) is 27.2. The average molecular weight is 578 g/mol. The van der Waals surface area contributed by atoms with Crippen LogP contribution in [0.25, 0.3) is 0 Å². The van der Waals surface area contributed by atoms with Gasteiger partial charge in [0.05, 0.1) is 22.7 Å². The molecule has 2 unspecified atom stereocenters. The van der Waals surface area contributed by atoms with Crippen LogP contribution in [-0.2, 0) is 23.3 Å². The summed E-state index contributed by atoms with van der Waals surface area (Å²) in [6.07, 6.45) is -14.8. The van der Waals surface area contributed by atoms with Crippen LogP contribution in [0.2, 0.25) is 0 Å². The summed E-state index contributed by atoms with van der Waals surface area (Å²) in [5.41, 5.74) is -3.44. The van der Waals surface area contributed by atoms with E-state index in [9.17, 15) is 44.3 Å². The summed E-state index contributed by atoms with van der Waals surface area (Å²) in [4.78, 5) is 13.0. The van der Waals surface area contributed by atoms with Gasteiger partial charge in [-0.1, -0.05) is 15.9 Å². The smallest absolute Gasteiger partial charge is 0.416 e. The maximum atomic E-state index is 12.9. The van der Waals surface area contributed by atoms with Crippen molar-refractivity contribution in [1.82, 2.24) is 4.90 Å². The van der Waals surface area contributed by atoms with Gasteiger partial charge < -0.3 is 9.64 Å². The van der Waals surface area contributed by atoms with Gasteiger partial charge in [-0.15, -0.1) is 0 Å². The third-order valence-electron chi connectivity index (χ3n) is 5.54. The summed E-state index contributed by atoms with van der Waals surface area (Å²) in [5.74, 6) is 0. The van der Waals surface area contributed by atoms with E-state index in [4.69, 9.17) is 4.74 Å². The molecule has 0 spiro atoms. The Morgan fingerprint density at radius 1 is 0.886 bits per heavy atom. The normalized spacial score (nSPS) is 20.3. The molecule has 2 aromatic rings. The fourth-order valence-corrected chi connectivity index (χ4v) is 4.44. The van der Waals surface area contributed by atoms with E-state index < -0.39 is 53.5 Å². The minimum atomic E-state index is -4.92. The zero-order valence-corrected chi connectivity index (χ0v) is 19.4. The molecule has 1 amide bonds. The first-order chi connectivity index (χ1) is 16.0. The van der Waals surface area contributed by atoms with Crippen molar-refractivity contribution in [2.45, 2.75) is 50.4 Å². The third-order valence-corrected chi connectivity index (χ3v) is 6.04. The number of fused-ring (bicyclic) bond motifs is 1. The number of rotatable bonds is 1. The van der Waals surface area contributed by atoms with Crippen LogP contribution in [0.1, 0.15) is 46.8 Å². The molecular weight excluding hydrogens is 561 g/mol. The lowest BCUT2D eigenvalue weighted by Crippen LogP contribution is -2.27. The molecule has 0 aromatic heterocycles. The van der Waals surface area contributed by atoms with E-state index in [1.165, 1.54) is 24.0 Å². The van der Waals surface area contributed by atoms with Crippen LogP contribution in [0, 0.1) is 6.92 Å². The standard InChI is InChI=1S/C14H11F6NO2.C8H6BrF3/c15-13(16,17)8-4-7(5-9(6-8)14(18,19)20)11-10-2-1-3-21(10)12(22)23-11;1-5-4-6(9)2-3-7(5)8(10,11)12/h4-6,10-11H,1-3H2;2-4H,1H3. The minimum Gasteiger partial charge on any atom is -0.439 e. The summed E-state index contributed by atoms with van der Waals surface area (Å²) in [6, 6.07) is 4.68. The lowest BCUT2D eigenvalue weighted by Gasteiger charge is -2.20. The molecule has 3 nitrogen and oxygen atoms in total. The van der Waals surface area contributed by atoms with Crippen LogP contribution in [0.4, 0.5) is 44.3 Å². The summed E-state index contributed by atoms with van der Waals surface area (Å²) in [6.45, 7) is 1.83. The van der Waals surface area contributed by atoms with Gasteiger partial charge in [0.15, 0.2) is 0 Å². The van der Waals surface area contributed by atoms with Crippen LogP contribution in [0.5, 0.6) is 0 Å². The highest BCUT2D eigenvalue weighted by Crippen LogP contribution is 2.43. The first-order valence-corrected chi connectivity index (χ1v) is 10.9. The maximum Gasteiger partial charge on any atom is 0.416 e. The van der Waals surface area contributed by atoms with E-state index in [0.29, 0.717) is 36.0 Å². The molecule has 0 radical (unpaired) electrons. The van der Waals surface area contributed by atoms with Crippen LogP contribution < -0.4 is 0 Å². The van der Waals surface area contributed by atoms with E-state index in [-0.39, 0.29) is 17.2 Å². The lowest BCUT2D eigenvalue weighted by molar-refractivity contribution is -0.143. The van der Waals surface area contributed by atoms with E-state index in [1.54, 1.807) is 0 Å². The molecule has 2 saturated heterocycles. The number of ether oxygens (including phenoxy) is 1. The number of alkyl halides is 9. The highest BCUT2D eigenvalue weighted by molar-refractivity contribution is 9.10. The molecule has 0 aliphatic carbocycles. The van der Waals surface area contributed by atoms with Gasteiger partial charge in [0.1, 0.15) is 6.10 Å². The monoisotopic (exact) mass is 577 g/mol. The van der Waals surface area contributed by atoms with Crippen molar-refractivity contribution in [2.24, 2.45) is 0 Å². The molecule has 2 fully saturated rings. The Morgan fingerprint density at radius 3 is 1.94 bits per heavy atom. The fraction of sp³-hybridized carbons (Fsp3) is 0.409. The first-order valence-electron chi connectivity index (χ1n) is 10.1. The van der Waals surface area contributed by atoms with E-state index in [1.807, 2.05) is 0 Å². The van der Waals surface area contributed by atoms with Gasteiger partial charge in [-0.25, -0.2) is 4.79 Å². The number of amides is 1. The van der Waals surface area contributed by atoms with Crippen LogP contribution in [0.15, 0.2) is 40.9 Å². The number of hydrogen-bond donors (Lipinski definition) is 0. The van der Waals surface area contributed by atoms with Crippen molar-refractivity contribution in [2.75, 3.05) is 6.54 Å². The zero-order chi connectivity index (χ0) is 26.3. The highest BCUT2D eigenvalue weighted by Gasteiger charge is 2.46. The van der Waals surface area contributed by atoms with Crippen LogP contribution in [-0.4, -0.2) is 23.6 Å². The number of carbonyl (C=O) groups is 1. The van der Waals surface area contributed by atoms with E-state index in [2.05, 4.69) is 15.9 Å². The number of halogens is 10. The predicted molar refractivity (Wildman–Crippen MR) is 109 cm³/mol. The van der Waals surface area contributed by atoms with Gasteiger partial charge in [-0.3, -0.25) is 0 Å². The van der Waals surface area contributed by atoms with Crippen molar-refractivity contribution < 1.29 is 49.0 Å². The largest absolute Gasteiger partial charge is 0.439 e. The SMILES string of the molecule is Cc1cc(Br)ccc1C(F)(F)F.O=C1OC(c2cc(C(F)(F)F)cc(C(F)(F)F)c2)C2CCCN12. The number of benzene rings is 2. The molecular formula is C22H17BrF9NO2. The van der Waals surface area contributed by atoms with Gasteiger partial charge in [-0.05, 0) is 67.3 Å². The molecule has 192 valence electrons. The van der Waals surface area contributed by atoms with Crippen molar-refractivity contribution in [1.29, 1.82) is 0 Å². The van der Waals surface area contributed by atoms with Gasteiger partial charge in [0.25, 0.3) is 0 Å². The molecule has 2 heterocycles. The Labute approximate surface area is 202 Å². The number of aryl methyl sites for hydroxylation is 1. The number of cyclic esters (lactones) is 1. The van der Waals surface area contributed by atoms with Crippen molar-refractivity contribution >= 4 is 22.0 Å². The van der Waals surface area contributed by atoms with Gasteiger partial charge >= 0.3 is 24.6 Å². The second kappa shape index (κ2) is 9.55. The second-order valence-corrected chi connectivity index (χ2v) is 8.92. The highest BCUT2D eigenvalue weighted by atomic mass is 79.9. The lowest BCUT2D eigenvalue weighted by atomic mass is 9.96. The fourth-order valence-electron chi connectivity index (χ4n) is 3.97. The number of carbonyl (C=O) groups excluding carboxylic acids is 1. The Balaban J connectivity index is 0.000000241. The van der Waals surface area contributed by atoms with Crippen molar-refractivity contribution in [3.8, 4) is 0 Å². The van der Waals surface area contributed by atoms with E-state index in [0.717, 1.165) is 6.07 Å². The Bertz CT molecular complexity index is 1060. The Kier molecular flexibility index (Phi) is 7.41. The molecule has 2 atom stereocenters. The molecule has 2 aliphatic rings. The number of nitrogens with zero attached hydrogens (tertiary/aromatic N) is 1. The molecule has 0 bridgehead atoms. The molecule has 13 heteroatoms.